The lowest BCUT2D eigenvalue weighted by Gasteiger charge is -2.17. The molecule has 0 bridgehead atoms. The largest absolute Gasteiger partial charge is 0.573 e. The Morgan fingerprint density at radius 3 is 2.42 bits per heavy atom. The Morgan fingerprint density at radius 1 is 1.10 bits per heavy atom. The van der Waals surface area contributed by atoms with Crippen molar-refractivity contribution in [3.05, 3.63) is 48.5 Å². The fraction of sp³-hybridized carbons (Fsp3) is 0.300. The molecule has 0 unspecified atom stereocenters. The average molecular weight is 434 g/mol. The minimum absolute atomic E-state index is 0.0229. The van der Waals surface area contributed by atoms with Gasteiger partial charge in [-0.1, -0.05) is 12.1 Å². The van der Waals surface area contributed by atoms with Gasteiger partial charge in [0, 0.05) is 30.0 Å². The van der Waals surface area contributed by atoms with Crippen LogP contribution in [0.1, 0.15) is 13.8 Å². The molecular formula is C20H21F3N6O2. The highest BCUT2D eigenvalue weighted by Gasteiger charge is 2.31. The molecule has 0 fully saturated rings. The van der Waals surface area contributed by atoms with E-state index in [0.717, 1.165) is 0 Å². The van der Waals surface area contributed by atoms with E-state index in [9.17, 15) is 18.0 Å². The molecule has 0 aliphatic rings. The van der Waals surface area contributed by atoms with Gasteiger partial charge in [0.2, 0.25) is 11.7 Å². The number of halogens is 3. The standard InChI is InChI=1S/C20H21F3N6O2/c1-3-28(4-2)18(30)13-29-26-19(25-27-29)16-7-5-6-8-17(16)24-14-9-11-15(12-10-14)31-20(21,22)23/h5-12,24H,3-4,13H2,1-2H3. The molecule has 0 saturated heterocycles. The minimum atomic E-state index is -4.74. The van der Waals surface area contributed by atoms with Gasteiger partial charge in [-0.25, -0.2) is 0 Å². The fourth-order valence-electron chi connectivity index (χ4n) is 2.90. The molecule has 1 N–H and O–H groups in total. The number of nitrogens with one attached hydrogen (secondary N) is 1. The van der Waals surface area contributed by atoms with Gasteiger partial charge in [0.1, 0.15) is 12.3 Å². The van der Waals surface area contributed by atoms with E-state index in [0.29, 0.717) is 35.9 Å². The first-order valence-electron chi connectivity index (χ1n) is 9.57. The molecular weight excluding hydrogens is 413 g/mol. The third-order valence-electron chi connectivity index (χ3n) is 4.38. The Kier molecular flexibility index (Phi) is 6.73. The van der Waals surface area contributed by atoms with Crippen LogP contribution >= 0.6 is 0 Å². The summed E-state index contributed by atoms with van der Waals surface area (Å²) in [4.78, 5) is 15.2. The smallest absolute Gasteiger partial charge is 0.406 e. The monoisotopic (exact) mass is 434 g/mol. The highest BCUT2D eigenvalue weighted by molar-refractivity contribution is 5.78. The third kappa shape index (κ3) is 5.93. The number of para-hydroxylation sites is 1. The van der Waals surface area contributed by atoms with Gasteiger partial charge < -0.3 is 15.0 Å². The summed E-state index contributed by atoms with van der Waals surface area (Å²) in [5.41, 5.74) is 1.80. The molecule has 1 amide bonds. The van der Waals surface area contributed by atoms with Crippen molar-refractivity contribution in [3.63, 3.8) is 0 Å². The summed E-state index contributed by atoms with van der Waals surface area (Å²) in [5.74, 6) is -0.109. The van der Waals surface area contributed by atoms with E-state index in [1.807, 2.05) is 13.8 Å². The Bertz CT molecular complexity index is 1020. The molecule has 31 heavy (non-hydrogen) atoms. The molecule has 3 rings (SSSR count). The van der Waals surface area contributed by atoms with E-state index < -0.39 is 6.36 Å². The van der Waals surface area contributed by atoms with Crippen molar-refractivity contribution in [3.8, 4) is 17.1 Å². The maximum absolute atomic E-state index is 12.3. The average Bonchev–Trinajstić information content (AvgIpc) is 3.18. The van der Waals surface area contributed by atoms with Crippen LogP contribution in [0, 0.1) is 0 Å². The van der Waals surface area contributed by atoms with Crippen LogP contribution in [-0.4, -0.2) is 50.5 Å². The zero-order valence-electron chi connectivity index (χ0n) is 16.9. The summed E-state index contributed by atoms with van der Waals surface area (Å²) in [6, 6.07) is 12.5. The summed E-state index contributed by atoms with van der Waals surface area (Å²) in [5, 5.41) is 15.4. The number of carbonyl (C=O) groups excluding carboxylic acids is 1. The molecule has 0 aliphatic heterocycles. The van der Waals surface area contributed by atoms with Crippen molar-refractivity contribution in [2.45, 2.75) is 26.8 Å². The number of benzene rings is 2. The number of aromatic nitrogens is 4. The normalized spacial score (nSPS) is 11.3. The number of carbonyl (C=O) groups is 1. The number of ether oxygens (including phenoxy) is 1. The zero-order chi connectivity index (χ0) is 22.4. The van der Waals surface area contributed by atoms with Gasteiger partial charge in [-0.3, -0.25) is 4.79 Å². The van der Waals surface area contributed by atoms with E-state index in [1.54, 1.807) is 29.2 Å². The lowest BCUT2D eigenvalue weighted by molar-refractivity contribution is -0.274. The van der Waals surface area contributed by atoms with E-state index in [-0.39, 0.29) is 18.2 Å². The number of hydrogen-bond acceptors (Lipinski definition) is 6. The molecule has 0 atom stereocenters. The number of amides is 1. The Balaban J connectivity index is 1.75. The molecule has 0 spiro atoms. The van der Waals surface area contributed by atoms with Crippen molar-refractivity contribution in [2.75, 3.05) is 18.4 Å². The molecule has 8 nitrogen and oxygen atoms in total. The third-order valence-corrected chi connectivity index (χ3v) is 4.38. The second kappa shape index (κ2) is 9.45. The van der Waals surface area contributed by atoms with Gasteiger partial charge in [-0.15, -0.1) is 23.4 Å². The first kappa shape index (κ1) is 22.1. The van der Waals surface area contributed by atoms with Gasteiger partial charge in [0.05, 0.1) is 0 Å². The summed E-state index contributed by atoms with van der Waals surface area (Å²) in [6.45, 7) is 4.95. The number of nitrogens with zero attached hydrogens (tertiary/aromatic N) is 5. The number of hydrogen-bond donors (Lipinski definition) is 1. The molecule has 1 aromatic heterocycles. The molecule has 2 aromatic carbocycles. The molecule has 164 valence electrons. The van der Waals surface area contributed by atoms with Crippen LogP contribution < -0.4 is 10.1 Å². The van der Waals surface area contributed by atoms with Crippen LogP contribution in [-0.2, 0) is 11.3 Å². The van der Waals surface area contributed by atoms with Crippen molar-refractivity contribution in [1.29, 1.82) is 0 Å². The van der Waals surface area contributed by atoms with Crippen LogP contribution in [0.3, 0.4) is 0 Å². The quantitative estimate of drug-likeness (QED) is 0.580. The van der Waals surface area contributed by atoms with Crippen molar-refractivity contribution in [2.24, 2.45) is 0 Å². The first-order chi connectivity index (χ1) is 14.8. The van der Waals surface area contributed by atoms with Gasteiger partial charge in [-0.05, 0) is 55.5 Å². The molecule has 0 radical (unpaired) electrons. The summed E-state index contributed by atoms with van der Waals surface area (Å²) >= 11 is 0. The van der Waals surface area contributed by atoms with Crippen LogP contribution in [0.2, 0.25) is 0 Å². The van der Waals surface area contributed by atoms with Crippen molar-refractivity contribution in [1.82, 2.24) is 25.1 Å². The maximum atomic E-state index is 12.3. The summed E-state index contributed by atoms with van der Waals surface area (Å²) in [6.07, 6.45) is -4.74. The summed E-state index contributed by atoms with van der Waals surface area (Å²) in [7, 11) is 0. The molecule has 0 saturated carbocycles. The summed E-state index contributed by atoms with van der Waals surface area (Å²) < 4.78 is 40.8. The predicted octanol–water partition coefficient (Wildman–Crippen LogP) is 3.85. The first-order valence-corrected chi connectivity index (χ1v) is 9.57. The van der Waals surface area contributed by atoms with E-state index >= 15 is 0 Å². The SMILES string of the molecule is CCN(CC)C(=O)Cn1nnc(-c2ccccc2Nc2ccc(OC(F)(F)F)cc2)n1. The Labute approximate surface area is 176 Å². The van der Waals surface area contributed by atoms with E-state index in [2.05, 4.69) is 25.5 Å². The van der Waals surface area contributed by atoms with Gasteiger partial charge in [0.25, 0.3) is 0 Å². The van der Waals surface area contributed by atoms with Crippen molar-refractivity contribution < 1.29 is 22.7 Å². The number of rotatable bonds is 8. The number of anilines is 2. The molecule has 0 aliphatic carbocycles. The molecule has 1 heterocycles. The minimum Gasteiger partial charge on any atom is -0.406 e. The highest BCUT2D eigenvalue weighted by atomic mass is 19.4. The maximum Gasteiger partial charge on any atom is 0.573 e. The van der Waals surface area contributed by atoms with Crippen LogP contribution in [0.4, 0.5) is 24.5 Å². The van der Waals surface area contributed by atoms with E-state index in [1.165, 1.54) is 29.1 Å². The number of alkyl halides is 3. The zero-order valence-corrected chi connectivity index (χ0v) is 16.9. The fourth-order valence-corrected chi connectivity index (χ4v) is 2.90. The van der Waals surface area contributed by atoms with Crippen molar-refractivity contribution >= 4 is 17.3 Å². The van der Waals surface area contributed by atoms with Crippen LogP contribution in [0.5, 0.6) is 5.75 Å². The lowest BCUT2D eigenvalue weighted by Crippen LogP contribution is -2.34. The Hall–Kier alpha value is -3.63. The number of tetrazole rings is 1. The van der Waals surface area contributed by atoms with E-state index in [4.69, 9.17) is 0 Å². The second-order valence-electron chi connectivity index (χ2n) is 6.45. The predicted molar refractivity (Wildman–Crippen MR) is 108 cm³/mol. The number of likely N-dealkylation sites (N-methyl/N-ethyl adjacent to an activating group) is 1. The van der Waals surface area contributed by atoms with Gasteiger partial charge >= 0.3 is 6.36 Å². The Morgan fingerprint density at radius 2 is 1.77 bits per heavy atom. The van der Waals surface area contributed by atoms with Crippen LogP contribution in [0.15, 0.2) is 48.5 Å². The van der Waals surface area contributed by atoms with Crippen LogP contribution in [0.25, 0.3) is 11.4 Å². The topological polar surface area (TPSA) is 85.2 Å². The lowest BCUT2D eigenvalue weighted by atomic mass is 10.1. The highest BCUT2D eigenvalue weighted by Crippen LogP contribution is 2.29. The second-order valence-corrected chi connectivity index (χ2v) is 6.45. The molecule has 11 heteroatoms. The van der Waals surface area contributed by atoms with Gasteiger partial charge in [-0.2, -0.15) is 4.80 Å². The van der Waals surface area contributed by atoms with Gasteiger partial charge in [0.15, 0.2) is 0 Å². The molecule has 3 aromatic rings.